The van der Waals surface area contributed by atoms with Crippen molar-refractivity contribution in [2.24, 2.45) is 11.8 Å². The minimum absolute atomic E-state index is 0.259. The van der Waals surface area contributed by atoms with Crippen LogP contribution in [0, 0.1) is 11.8 Å². The smallest absolute Gasteiger partial charge is 0.225 e. The molecule has 1 aliphatic heterocycles. The van der Waals surface area contributed by atoms with Crippen LogP contribution in [0.15, 0.2) is 66.9 Å². The van der Waals surface area contributed by atoms with Gasteiger partial charge in [0.05, 0.1) is 5.52 Å². The van der Waals surface area contributed by atoms with Crippen LogP contribution in [0.2, 0.25) is 0 Å². The maximum atomic E-state index is 12.5. The first kappa shape index (κ1) is 20.0. The zero-order valence-corrected chi connectivity index (χ0v) is 18.4. The van der Waals surface area contributed by atoms with E-state index in [1.165, 1.54) is 0 Å². The highest BCUT2D eigenvalue weighted by Gasteiger charge is 2.36. The van der Waals surface area contributed by atoms with Gasteiger partial charge in [-0.1, -0.05) is 36.4 Å². The molecule has 1 saturated heterocycles. The van der Waals surface area contributed by atoms with Crippen molar-refractivity contribution < 1.29 is 9.90 Å². The van der Waals surface area contributed by atoms with E-state index in [0.717, 1.165) is 72.6 Å². The number of benzene rings is 2. The third-order valence-electron chi connectivity index (χ3n) is 6.81. The molecule has 0 bridgehead atoms. The van der Waals surface area contributed by atoms with E-state index < -0.39 is 0 Å². The Balaban J connectivity index is 1.30. The second-order valence-corrected chi connectivity index (χ2v) is 9.23. The largest absolute Gasteiger partial charge is 0.508 e. The summed E-state index contributed by atoms with van der Waals surface area (Å²) < 4.78 is 2.27. The van der Waals surface area contributed by atoms with E-state index in [1.54, 1.807) is 18.3 Å². The van der Waals surface area contributed by atoms with Crippen LogP contribution < -0.4 is 0 Å². The van der Waals surface area contributed by atoms with Crippen LogP contribution in [0.4, 0.5) is 0 Å². The fraction of sp³-hybridized carbons (Fsp3) is 0.296. The van der Waals surface area contributed by atoms with Crippen molar-refractivity contribution in [2.45, 2.75) is 25.8 Å². The van der Waals surface area contributed by atoms with E-state index in [9.17, 15) is 9.90 Å². The zero-order chi connectivity index (χ0) is 22.4. The molecule has 1 atom stereocenters. The highest BCUT2D eigenvalue weighted by Crippen LogP contribution is 2.34. The number of carbonyl (C=O) groups excluding carboxylic acids is 1. The van der Waals surface area contributed by atoms with Crippen LogP contribution in [-0.2, 0) is 11.3 Å². The minimum atomic E-state index is 0.259. The molecule has 6 nitrogen and oxygen atoms in total. The lowest BCUT2D eigenvalue weighted by molar-refractivity contribution is -0.131. The molecular weight excluding hydrogens is 412 g/mol. The second kappa shape index (κ2) is 8.03. The van der Waals surface area contributed by atoms with Gasteiger partial charge in [-0.05, 0) is 60.6 Å². The van der Waals surface area contributed by atoms with E-state index >= 15 is 0 Å². The number of rotatable bonds is 5. The van der Waals surface area contributed by atoms with Crippen molar-refractivity contribution in [3.05, 3.63) is 66.9 Å². The van der Waals surface area contributed by atoms with Gasteiger partial charge in [-0.2, -0.15) is 0 Å². The number of hydrogen-bond donors (Lipinski definition) is 1. The number of phenols is 1. The summed E-state index contributed by atoms with van der Waals surface area (Å²) in [4.78, 5) is 23.9. The van der Waals surface area contributed by atoms with Gasteiger partial charge >= 0.3 is 0 Å². The molecule has 0 radical (unpaired) electrons. The van der Waals surface area contributed by atoms with Crippen molar-refractivity contribution in [2.75, 3.05) is 13.1 Å². The highest BCUT2D eigenvalue weighted by molar-refractivity contribution is 5.81. The summed E-state index contributed by atoms with van der Waals surface area (Å²) in [7, 11) is 0. The number of aromatic nitrogens is 3. The molecule has 6 rings (SSSR count). The van der Waals surface area contributed by atoms with Crippen molar-refractivity contribution in [3.8, 4) is 28.3 Å². The average Bonchev–Trinajstić information content (AvgIpc) is 3.49. The SMILES string of the molecule is O=C(C1CC1)N1CCC(Cn2c(-c3ccc(-c4cccc(O)c4)cc3)nc3ncccc32)C1. The first-order valence-corrected chi connectivity index (χ1v) is 11.7. The van der Waals surface area contributed by atoms with E-state index in [4.69, 9.17) is 4.98 Å². The minimum Gasteiger partial charge on any atom is -0.508 e. The van der Waals surface area contributed by atoms with Crippen molar-refractivity contribution in [1.82, 2.24) is 19.4 Å². The molecule has 33 heavy (non-hydrogen) atoms. The van der Waals surface area contributed by atoms with E-state index in [2.05, 4.69) is 44.8 Å². The van der Waals surface area contributed by atoms with Crippen LogP contribution in [0.5, 0.6) is 5.75 Å². The van der Waals surface area contributed by atoms with E-state index in [-0.39, 0.29) is 11.7 Å². The zero-order valence-electron chi connectivity index (χ0n) is 18.4. The predicted octanol–water partition coefficient (Wildman–Crippen LogP) is 4.73. The van der Waals surface area contributed by atoms with Gasteiger partial charge in [-0.3, -0.25) is 4.79 Å². The van der Waals surface area contributed by atoms with Crippen molar-refractivity contribution >= 4 is 17.1 Å². The quantitative estimate of drug-likeness (QED) is 0.489. The lowest BCUT2D eigenvalue weighted by atomic mass is 10.0. The number of carbonyl (C=O) groups is 1. The van der Waals surface area contributed by atoms with Gasteiger partial charge in [0.25, 0.3) is 0 Å². The summed E-state index contributed by atoms with van der Waals surface area (Å²) in [6.45, 7) is 2.50. The summed E-state index contributed by atoms with van der Waals surface area (Å²) in [6, 6.07) is 19.6. The van der Waals surface area contributed by atoms with Crippen LogP contribution in [0.1, 0.15) is 19.3 Å². The predicted molar refractivity (Wildman–Crippen MR) is 127 cm³/mol. The molecule has 166 valence electrons. The molecule has 6 heteroatoms. The molecule has 0 spiro atoms. The summed E-state index contributed by atoms with van der Waals surface area (Å²) >= 11 is 0. The molecule has 1 aliphatic carbocycles. The van der Waals surface area contributed by atoms with Gasteiger partial charge in [0.2, 0.25) is 5.91 Å². The Morgan fingerprint density at radius 1 is 0.970 bits per heavy atom. The number of pyridine rings is 1. The molecule has 2 aromatic carbocycles. The summed E-state index contributed by atoms with van der Waals surface area (Å²) in [5.41, 5.74) is 4.81. The number of nitrogens with zero attached hydrogens (tertiary/aromatic N) is 4. The van der Waals surface area contributed by atoms with E-state index in [1.807, 2.05) is 18.2 Å². The maximum absolute atomic E-state index is 12.5. The molecule has 2 fully saturated rings. The Labute approximate surface area is 192 Å². The monoisotopic (exact) mass is 438 g/mol. The lowest BCUT2D eigenvalue weighted by Crippen LogP contribution is -2.30. The second-order valence-electron chi connectivity index (χ2n) is 9.23. The van der Waals surface area contributed by atoms with Gasteiger partial charge in [-0.25, -0.2) is 9.97 Å². The van der Waals surface area contributed by atoms with Crippen LogP contribution in [0.25, 0.3) is 33.7 Å². The molecule has 1 amide bonds. The molecule has 1 N–H and O–H groups in total. The molecule has 4 aromatic rings. The number of likely N-dealkylation sites (tertiary alicyclic amines) is 1. The average molecular weight is 439 g/mol. The summed E-state index contributed by atoms with van der Waals surface area (Å²) in [6.07, 6.45) is 4.91. The van der Waals surface area contributed by atoms with E-state index in [0.29, 0.717) is 11.8 Å². The number of hydrogen-bond acceptors (Lipinski definition) is 4. The normalized spacial score (nSPS) is 18.2. The molecule has 3 heterocycles. The Hall–Kier alpha value is -3.67. The maximum Gasteiger partial charge on any atom is 0.225 e. The van der Waals surface area contributed by atoms with Gasteiger partial charge in [-0.15, -0.1) is 0 Å². The topological polar surface area (TPSA) is 71.2 Å². The lowest BCUT2D eigenvalue weighted by Gasteiger charge is -2.17. The van der Waals surface area contributed by atoms with Crippen molar-refractivity contribution in [3.63, 3.8) is 0 Å². The van der Waals surface area contributed by atoms with Gasteiger partial charge in [0.1, 0.15) is 11.6 Å². The fourth-order valence-electron chi connectivity index (χ4n) is 4.89. The molecule has 2 aromatic heterocycles. The first-order chi connectivity index (χ1) is 16.2. The van der Waals surface area contributed by atoms with Crippen LogP contribution >= 0.6 is 0 Å². The first-order valence-electron chi connectivity index (χ1n) is 11.7. The number of imidazole rings is 1. The standard InChI is InChI=1S/C27H26N4O2/c32-23-4-1-3-22(15-23)19-6-8-20(9-7-19)26-29-25-24(5-2-13-28-25)31(26)17-18-12-14-30(16-18)27(33)21-10-11-21/h1-9,13,15,18,21,32H,10-12,14,16-17H2. The molecule has 1 saturated carbocycles. The third kappa shape index (κ3) is 3.86. The van der Waals surface area contributed by atoms with Crippen molar-refractivity contribution in [1.29, 1.82) is 0 Å². The third-order valence-corrected chi connectivity index (χ3v) is 6.81. The molecule has 1 unspecified atom stereocenters. The van der Waals surface area contributed by atoms with Gasteiger partial charge < -0.3 is 14.6 Å². The molecule has 2 aliphatic rings. The Bertz CT molecular complexity index is 1320. The number of aromatic hydroxyl groups is 1. The summed E-state index contributed by atoms with van der Waals surface area (Å²) in [5.74, 6) is 2.20. The van der Waals surface area contributed by atoms with Gasteiger partial charge in [0.15, 0.2) is 5.65 Å². The fourth-order valence-corrected chi connectivity index (χ4v) is 4.89. The summed E-state index contributed by atoms with van der Waals surface area (Å²) in [5, 5.41) is 9.80. The number of fused-ring (bicyclic) bond motifs is 1. The Morgan fingerprint density at radius 3 is 2.58 bits per heavy atom. The number of phenolic OH excluding ortho intramolecular Hbond substituents is 1. The Kier molecular flexibility index (Phi) is 4.86. The number of amides is 1. The highest BCUT2D eigenvalue weighted by atomic mass is 16.3. The Morgan fingerprint density at radius 2 is 1.79 bits per heavy atom. The van der Waals surface area contributed by atoms with Crippen LogP contribution in [0.3, 0.4) is 0 Å². The molecular formula is C27H26N4O2. The van der Waals surface area contributed by atoms with Crippen LogP contribution in [-0.4, -0.2) is 43.5 Å². The van der Waals surface area contributed by atoms with Gasteiger partial charge in [0, 0.05) is 37.3 Å².